The highest BCUT2D eigenvalue weighted by Gasteiger charge is 2.25. The van der Waals surface area contributed by atoms with Gasteiger partial charge in [-0.15, -0.1) is 0 Å². The van der Waals surface area contributed by atoms with Gasteiger partial charge in [0.05, 0.1) is 0 Å². The molecule has 1 saturated carbocycles. The van der Waals surface area contributed by atoms with Gasteiger partial charge in [0.1, 0.15) is 5.82 Å². The molecule has 0 heterocycles. The Labute approximate surface area is 114 Å². The van der Waals surface area contributed by atoms with Crippen LogP contribution in [0.3, 0.4) is 0 Å². The van der Waals surface area contributed by atoms with E-state index < -0.39 is 0 Å². The fourth-order valence-corrected chi connectivity index (χ4v) is 3.21. The zero-order chi connectivity index (χ0) is 13.0. The van der Waals surface area contributed by atoms with Crippen LogP contribution in [0.25, 0.3) is 0 Å². The molecule has 0 bridgehead atoms. The number of hydrogen-bond acceptors (Lipinski definition) is 1. The van der Waals surface area contributed by atoms with E-state index in [1.54, 1.807) is 12.1 Å². The molecule has 0 radical (unpaired) electrons. The van der Waals surface area contributed by atoms with Crippen molar-refractivity contribution in [1.82, 2.24) is 5.32 Å². The van der Waals surface area contributed by atoms with Crippen LogP contribution >= 0.6 is 11.6 Å². The number of nitrogens with one attached hydrogen (secondary N) is 1. The molecule has 1 fully saturated rings. The SMILES string of the molecule is CCNC(Cc1c(F)cccc1Cl)C1CCCC1. The Morgan fingerprint density at radius 3 is 2.72 bits per heavy atom. The summed E-state index contributed by atoms with van der Waals surface area (Å²) in [6.45, 7) is 3.03. The van der Waals surface area contributed by atoms with Gasteiger partial charge in [0, 0.05) is 16.6 Å². The van der Waals surface area contributed by atoms with E-state index in [1.807, 2.05) is 0 Å². The van der Waals surface area contributed by atoms with Crippen molar-refractivity contribution >= 4 is 11.6 Å². The molecule has 1 aromatic carbocycles. The van der Waals surface area contributed by atoms with E-state index in [-0.39, 0.29) is 5.82 Å². The van der Waals surface area contributed by atoms with Crippen molar-refractivity contribution in [2.24, 2.45) is 5.92 Å². The minimum atomic E-state index is -0.177. The first-order valence-electron chi connectivity index (χ1n) is 6.88. The first-order valence-corrected chi connectivity index (χ1v) is 7.26. The molecule has 1 aromatic rings. The van der Waals surface area contributed by atoms with Crippen LogP contribution in [0.1, 0.15) is 38.2 Å². The van der Waals surface area contributed by atoms with Crippen LogP contribution in [0, 0.1) is 11.7 Å². The molecule has 1 unspecified atom stereocenters. The zero-order valence-electron chi connectivity index (χ0n) is 10.9. The minimum absolute atomic E-state index is 0.177. The highest BCUT2D eigenvalue weighted by Crippen LogP contribution is 2.31. The van der Waals surface area contributed by atoms with Crippen LogP contribution in [0.5, 0.6) is 0 Å². The standard InChI is InChI=1S/C15H21ClFN/c1-2-18-15(11-6-3-4-7-11)10-12-13(16)8-5-9-14(12)17/h5,8-9,11,15,18H,2-4,6-7,10H2,1H3. The van der Waals surface area contributed by atoms with Crippen LogP contribution in [0.15, 0.2) is 18.2 Å². The van der Waals surface area contributed by atoms with E-state index in [2.05, 4.69) is 12.2 Å². The van der Waals surface area contributed by atoms with Crippen molar-refractivity contribution in [3.05, 3.63) is 34.6 Å². The average Bonchev–Trinajstić information content (AvgIpc) is 2.86. The molecule has 3 heteroatoms. The van der Waals surface area contributed by atoms with Gasteiger partial charge in [-0.25, -0.2) is 4.39 Å². The average molecular weight is 270 g/mol. The molecule has 1 N–H and O–H groups in total. The fraction of sp³-hybridized carbons (Fsp3) is 0.600. The van der Waals surface area contributed by atoms with Crippen LogP contribution in [0.2, 0.25) is 5.02 Å². The second-order valence-electron chi connectivity index (χ2n) is 5.11. The topological polar surface area (TPSA) is 12.0 Å². The lowest BCUT2D eigenvalue weighted by Gasteiger charge is -2.25. The van der Waals surface area contributed by atoms with E-state index in [4.69, 9.17) is 11.6 Å². The van der Waals surface area contributed by atoms with E-state index in [1.165, 1.54) is 31.7 Å². The summed E-state index contributed by atoms with van der Waals surface area (Å²) in [6.07, 6.45) is 5.81. The summed E-state index contributed by atoms with van der Waals surface area (Å²) >= 11 is 6.11. The van der Waals surface area contributed by atoms with Crippen LogP contribution in [-0.2, 0) is 6.42 Å². The number of halogens is 2. The van der Waals surface area contributed by atoms with Gasteiger partial charge in [0.15, 0.2) is 0 Å². The zero-order valence-corrected chi connectivity index (χ0v) is 11.6. The Bertz CT molecular complexity index is 368. The summed E-state index contributed by atoms with van der Waals surface area (Å²) in [5.41, 5.74) is 0.664. The second kappa shape index (κ2) is 6.53. The molecule has 0 aliphatic heterocycles. The van der Waals surface area contributed by atoms with E-state index in [0.717, 1.165) is 6.54 Å². The molecular weight excluding hydrogens is 249 g/mol. The van der Waals surface area contributed by atoms with Gasteiger partial charge in [-0.3, -0.25) is 0 Å². The normalized spacial score (nSPS) is 18.2. The fourth-order valence-electron chi connectivity index (χ4n) is 2.97. The minimum Gasteiger partial charge on any atom is -0.314 e. The van der Waals surface area contributed by atoms with Crippen molar-refractivity contribution in [2.45, 2.75) is 45.1 Å². The summed E-state index contributed by atoms with van der Waals surface area (Å²) in [7, 11) is 0. The Balaban J connectivity index is 2.12. The Morgan fingerprint density at radius 2 is 2.11 bits per heavy atom. The Morgan fingerprint density at radius 1 is 1.39 bits per heavy atom. The van der Waals surface area contributed by atoms with Gasteiger partial charge < -0.3 is 5.32 Å². The van der Waals surface area contributed by atoms with Crippen molar-refractivity contribution < 1.29 is 4.39 Å². The number of benzene rings is 1. The highest BCUT2D eigenvalue weighted by atomic mass is 35.5. The molecule has 0 saturated heterocycles. The molecule has 0 spiro atoms. The Hall–Kier alpha value is -0.600. The van der Waals surface area contributed by atoms with Crippen molar-refractivity contribution in [1.29, 1.82) is 0 Å². The molecule has 1 nitrogen and oxygen atoms in total. The van der Waals surface area contributed by atoms with Crippen molar-refractivity contribution in [2.75, 3.05) is 6.54 Å². The smallest absolute Gasteiger partial charge is 0.127 e. The van der Waals surface area contributed by atoms with Crippen molar-refractivity contribution in [3.63, 3.8) is 0 Å². The van der Waals surface area contributed by atoms with Gasteiger partial charge >= 0.3 is 0 Å². The maximum absolute atomic E-state index is 13.8. The number of rotatable bonds is 5. The molecule has 0 amide bonds. The van der Waals surface area contributed by atoms with Crippen LogP contribution < -0.4 is 5.32 Å². The first kappa shape index (κ1) is 13.8. The molecule has 1 aliphatic carbocycles. The van der Waals surface area contributed by atoms with Gasteiger partial charge in [0.2, 0.25) is 0 Å². The van der Waals surface area contributed by atoms with Gasteiger partial charge in [-0.1, -0.05) is 37.4 Å². The van der Waals surface area contributed by atoms with Gasteiger partial charge in [-0.05, 0) is 43.9 Å². The third kappa shape index (κ3) is 3.24. The molecule has 2 rings (SSSR count). The Kier molecular flexibility index (Phi) is 5.02. The lowest BCUT2D eigenvalue weighted by atomic mass is 9.92. The maximum Gasteiger partial charge on any atom is 0.127 e. The molecular formula is C15H21ClFN. The monoisotopic (exact) mass is 269 g/mol. The maximum atomic E-state index is 13.8. The largest absolute Gasteiger partial charge is 0.314 e. The van der Waals surface area contributed by atoms with Crippen LogP contribution in [0.4, 0.5) is 4.39 Å². The summed E-state index contributed by atoms with van der Waals surface area (Å²) in [5.74, 6) is 0.490. The molecule has 100 valence electrons. The second-order valence-corrected chi connectivity index (χ2v) is 5.52. The predicted octanol–water partition coefficient (Wildman–Crippen LogP) is 4.19. The third-order valence-electron chi connectivity index (χ3n) is 3.92. The van der Waals surface area contributed by atoms with Crippen LogP contribution in [-0.4, -0.2) is 12.6 Å². The van der Waals surface area contributed by atoms with Gasteiger partial charge in [0.25, 0.3) is 0 Å². The quantitative estimate of drug-likeness (QED) is 0.845. The lowest BCUT2D eigenvalue weighted by molar-refractivity contribution is 0.359. The summed E-state index contributed by atoms with van der Waals surface area (Å²) in [6, 6.07) is 5.29. The number of likely N-dealkylation sites (N-methyl/N-ethyl adjacent to an activating group) is 1. The van der Waals surface area contributed by atoms with E-state index >= 15 is 0 Å². The van der Waals surface area contributed by atoms with Crippen molar-refractivity contribution in [3.8, 4) is 0 Å². The number of hydrogen-bond donors (Lipinski definition) is 1. The molecule has 1 aliphatic rings. The summed E-state index contributed by atoms with van der Waals surface area (Å²) < 4.78 is 13.8. The predicted molar refractivity (Wildman–Crippen MR) is 74.5 cm³/mol. The van der Waals surface area contributed by atoms with E-state index in [0.29, 0.717) is 29.0 Å². The molecule has 1 atom stereocenters. The van der Waals surface area contributed by atoms with E-state index in [9.17, 15) is 4.39 Å². The highest BCUT2D eigenvalue weighted by molar-refractivity contribution is 6.31. The molecule has 18 heavy (non-hydrogen) atoms. The first-order chi connectivity index (χ1) is 8.72. The summed E-state index contributed by atoms with van der Waals surface area (Å²) in [4.78, 5) is 0. The lowest BCUT2D eigenvalue weighted by Crippen LogP contribution is -2.37. The molecule has 0 aromatic heterocycles. The third-order valence-corrected chi connectivity index (χ3v) is 4.28. The summed E-state index contributed by atoms with van der Waals surface area (Å²) in [5, 5.41) is 4.05. The van der Waals surface area contributed by atoms with Gasteiger partial charge in [-0.2, -0.15) is 0 Å².